The van der Waals surface area contributed by atoms with Gasteiger partial charge in [-0.2, -0.15) is 0 Å². The summed E-state index contributed by atoms with van der Waals surface area (Å²) in [6.45, 7) is 1.79. The van der Waals surface area contributed by atoms with Gasteiger partial charge in [0.2, 0.25) is 10.0 Å². The predicted octanol–water partition coefficient (Wildman–Crippen LogP) is 3.53. The van der Waals surface area contributed by atoms with Crippen molar-refractivity contribution in [1.82, 2.24) is 4.72 Å². The van der Waals surface area contributed by atoms with Crippen LogP contribution in [0.5, 0.6) is 5.75 Å². The number of hydrogen-bond donors (Lipinski definition) is 1. The first-order valence-corrected chi connectivity index (χ1v) is 8.81. The van der Waals surface area contributed by atoms with Gasteiger partial charge in [0, 0.05) is 16.6 Å². The molecule has 0 saturated heterocycles. The average molecular weight is 340 g/mol. The molecule has 2 rings (SSSR count). The van der Waals surface area contributed by atoms with Gasteiger partial charge in [-0.15, -0.1) is 0 Å². The largest absolute Gasteiger partial charge is 0.496 e. The standard InChI is InChI=1S/C16H18ClNO3S/c1-12(15-8-3-4-9-16(15)21-2)18-22(19,20)11-13-6-5-7-14(17)10-13/h3-10,12,18H,11H2,1-2H3/t12-/m0/s1. The van der Waals surface area contributed by atoms with Crippen molar-refractivity contribution in [3.05, 3.63) is 64.7 Å². The molecule has 0 radical (unpaired) electrons. The van der Waals surface area contributed by atoms with Gasteiger partial charge in [0.15, 0.2) is 0 Å². The fourth-order valence-corrected chi connectivity index (χ4v) is 3.83. The molecule has 0 aromatic heterocycles. The smallest absolute Gasteiger partial charge is 0.216 e. The van der Waals surface area contributed by atoms with E-state index in [1.165, 1.54) is 0 Å². The van der Waals surface area contributed by atoms with E-state index in [4.69, 9.17) is 16.3 Å². The number of hydrogen-bond acceptors (Lipinski definition) is 3. The lowest BCUT2D eigenvalue weighted by Gasteiger charge is -2.17. The summed E-state index contributed by atoms with van der Waals surface area (Å²) in [6, 6.07) is 13.8. The van der Waals surface area contributed by atoms with Crippen molar-refractivity contribution < 1.29 is 13.2 Å². The molecule has 0 spiro atoms. The first kappa shape index (κ1) is 16.8. The van der Waals surface area contributed by atoms with E-state index in [9.17, 15) is 8.42 Å². The van der Waals surface area contributed by atoms with Gasteiger partial charge < -0.3 is 4.74 Å². The highest BCUT2D eigenvalue weighted by Crippen LogP contribution is 2.25. The van der Waals surface area contributed by atoms with E-state index in [0.717, 1.165) is 5.56 Å². The summed E-state index contributed by atoms with van der Waals surface area (Å²) in [5, 5.41) is 0.519. The van der Waals surface area contributed by atoms with Crippen LogP contribution in [0, 0.1) is 0 Å². The van der Waals surface area contributed by atoms with Gasteiger partial charge in [-0.25, -0.2) is 13.1 Å². The zero-order chi connectivity index (χ0) is 16.2. The molecule has 2 aromatic carbocycles. The summed E-state index contributed by atoms with van der Waals surface area (Å²) < 4.78 is 32.5. The molecule has 22 heavy (non-hydrogen) atoms. The number of rotatable bonds is 6. The topological polar surface area (TPSA) is 55.4 Å². The van der Waals surface area contributed by atoms with E-state index < -0.39 is 10.0 Å². The van der Waals surface area contributed by atoms with Crippen LogP contribution in [0.1, 0.15) is 24.1 Å². The molecule has 1 N–H and O–H groups in total. The van der Waals surface area contributed by atoms with Gasteiger partial charge in [0.25, 0.3) is 0 Å². The molecule has 0 heterocycles. The molecule has 0 unspecified atom stereocenters. The van der Waals surface area contributed by atoms with Crippen LogP contribution in [0.2, 0.25) is 5.02 Å². The monoisotopic (exact) mass is 339 g/mol. The Balaban J connectivity index is 2.14. The van der Waals surface area contributed by atoms with Crippen LogP contribution in [0.25, 0.3) is 0 Å². The molecule has 2 aromatic rings. The number of benzene rings is 2. The van der Waals surface area contributed by atoms with E-state index in [2.05, 4.69) is 4.72 Å². The number of sulfonamides is 1. The van der Waals surface area contributed by atoms with Crippen LogP contribution in [-0.2, 0) is 15.8 Å². The Morgan fingerprint density at radius 1 is 1.18 bits per heavy atom. The molecule has 0 aliphatic heterocycles. The van der Waals surface area contributed by atoms with E-state index in [-0.39, 0.29) is 11.8 Å². The Hall–Kier alpha value is -1.56. The summed E-state index contributed by atoms with van der Waals surface area (Å²) >= 11 is 5.88. The van der Waals surface area contributed by atoms with Crippen LogP contribution in [0.4, 0.5) is 0 Å². The summed E-state index contributed by atoms with van der Waals surface area (Å²) in [4.78, 5) is 0. The Labute approximate surface area is 136 Å². The fourth-order valence-electron chi connectivity index (χ4n) is 2.24. The minimum Gasteiger partial charge on any atom is -0.496 e. The van der Waals surface area contributed by atoms with Crippen LogP contribution < -0.4 is 9.46 Å². The normalized spacial score (nSPS) is 12.9. The molecule has 0 aliphatic carbocycles. The maximum Gasteiger partial charge on any atom is 0.216 e. The number of nitrogens with one attached hydrogen (secondary N) is 1. The number of ether oxygens (including phenoxy) is 1. The molecule has 118 valence electrons. The van der Waals surface area contributed by atoms with Crippen LogP contribution in [0.15, 0.2) is 48.5 Å². The SMILES string of the molecule is COc1ccccc1[C@H](C)NS(=O)(=O)Cc1cccc(Cl)c1. The molecular weight excluding hydrogens is 322 g/mol. The predicted molar refractivity (Wildman–Crippen MR) is 88.6 cm³/mol. The third kappa shape index (κ3) is 4.47. The van der Waals surface area contributed by atoms with Crippen molar-refractivity contribution in [3.8, 4) is 5.75 Å². The van der Waals surface area contributed by atoms with Crippen molar-refractivity contribution in [3.63, 3.8) is 0 Å². The Kier molecular flexibility index (Phi) is 5.45. The quantitative estimate of drug-likeness (QED) is 0.876. The zero-order valence-corrected chi connectivity index (χ0v) is 14.0. The Bertz CT molecular complexity index is 747. The molecule has 0 saturated carbocycles. The van der Waals surface area contributed by atoms with Gasteiger partial charge in [-0.3, -0.25) is 0 Å². The fraction of sp³-hybridized carbons (Fsp3) is 0.250. The average Bonchev–Trinajstić information content (AvgIpc) is 2.46. The zero-order valence-electron chi connectivity index (χ0n) is 12.4. The summed E-state index contributed by atoms with van der Waals surface area (Å²) in [6.07, 6.45) is 0. The van der Waals surface area contributed by atoms with Crippen molar-refractivity contribution in [2.24, 2.45) is 0 Å². The van der Waals surface area contributed by atoms with Crippen molar-refractivity contribution >= 4 is 21.6 Å². The molecule has 0 amide bonds. The van der Waals surface area contributed by atoms with Crippen LogP contribution >= 0.6 is 11.6 Å². The first-order chi connectivity index (χ1) is 10.4. The highest BCUT2D eigenvalue weighted by molar-refractivity contribution is 7.88. The lowest BCUT2D eigenvalue weighted by atomic mass is 10.1. The van der Waals surface area contributed by atoms with E-state index in [1.54, 1.807) is 44.4 Å². The molecule has 1 atom stereocenters. The number of para-hydroxylation sites is 1. The molecule has 0 fully saturated rings. The number of methoxy groups -OCH3 is 1. The number of halogens is 1. The minimum atomic E-state index is -3.49. The Morgan fingerprint density at radius 2 is 1.91 bits per heavy atom. The highest BCUT2D eigenvalue weighted by Gasteiger charge is 2.19. The van der Waals surface area contributed by atoms with Gasteiger partial charge in [-0.1, -0.05) is 41.9 Å². The lowest BCUT2D eigenvalue weighted by Crippen LogP contribution is -2.28. The molecule has 4 nitrogen and oxygen atoms in total. The van der Waals surface area contributed by atoms with E-state index in [1.807, 2.05) is 18.2 Å². The lowest BCUT2D eigenvalue weighted by molar-refractivity contribution is 0.405. The molecule has 0 bridgehead atoms. The third-order valence-corrected chi connectivity index (χ3v) is 4.87. The minimum absolute atomic E-state index is 0.118. The summed E-state index contributed by atoms with van der Waals surface area (Å²) in [5.41, 5.74) is 1.44. The van der Waals surface area contributed by atoms with Gasteiger partial charge in [0.1, 0.15) is 5.75 Å². The summed E-state index contributed by atoms with van der Waals surface area (Å²) in [5.74, 6) is 0.535. The molecule has 0 aliphatic rings. The van der Waals surface area contributed by atoms with E-state index >= 15 is 0 Å². The second kappa shape index (κ2) is 7.13. The third-order valence-electron chi connectivity index (χ3n) is 3.21. The molecule has 6 heteroatoms. The maximum atomic E-state index is 12.3. The van der Waals surface area contributed by atoms with Crippen molar-refractivity contribution in [2.45, 2.75) is 18.7 Å². The van der Waals surface area contributed by atoms with Crippen molar-refractivity contribution in [1.29, 1.82) is 0 Å². The van der Waals surface area contributed by atoms with Gasteiger partial charge in [0.05, 0.1) is 12.9 Å². The second-order valence-corrected chi connectivity index (χ2v) is 7.16. The van der Waals surface area contributed by atoms with E-state index in [0.29, 0.717) is 16.3 Å². The highest BCUT2D eigenvalue weighted by atomic mass is 35.5. The van der Waals surface area contributed by atoms with Gasteiger partial charge in [-0.05, 0) is 30.7 Å². The van der Waals surface area contributed by atoms with Gasteiger partial charge >= 0.3 is 0 Å². The maximum absolute atomic E-state index is 12.3. The van der Waals surface area contributed by atoms with Crippen LogP contribution in [0.3, 0.4) is 0 Å². The molecular formula is C16H18ClNO3S. The second-order valence-electron chi connectivity index (χ2n) is 4.97. The van der Waals surface area contributed by atoms with Crippen LogP contribution in [-0.4, -0.2) is 15.5 Å². The first-order valence-electron chi connectivity index (χ1n) is 6.78. The Morgan fingerprint density at radius 3 is 2.59 bits per heavy atom. The summed E-state index contributed by atoms with van der Waals surface area (Å²) in [7, 11) is -1.93. The van der Waals surface area contributed by atoms with Crippen molar-refractivity contribution in [2.75, 3.05) is 7.11 Å².